The van der Waals surface area contributed by atoms with Crippen LogP contribution >= 0.6 is 24.0 Å². The Bertz CT molecular complexity index is 350. The van der Waals surface area contributed by atoms with E-state index in [1.807, 2.05) is 0 Å². The minimum absolute atomic E-state index is 0.00463. The van der Waals surface area contributed by atoms with Gasteiger partial charge >= 0.3 is 5.97 Å². The van der Waals surface area contributed by atoms with Crippen LogP contribution in [0.5, 0.6) is 0 Å². The predicted molar refractivity (Wildman–Crippen MR) is 51.2 cm³/mol. The molecule has 13 heavy (non-hydrogen) atoms. The number of thiocarbonyl (C=S) groups is 1. The number of hydrogen-bond donors (Lipinski definition) is 1. The number of hydrogen-bond acceptors (Lipinski definition) is 4. The number of fused-ring (bicyclic) bond motifs is 1. The first kappa shape index (κ1) is 8.71. The maximum atomic E-state index is 11.1. The number of rotatable bonds is 1. The number of amides is 1. The van der Waals surface area contributed by atoms with E-state index in [1.54, 1.807) is 0 Å². The maximum absolute atomic E-state index is 11.1. The summed E-state index contributed by atoms with van der Waals surface area (Å²) in [5, 5.41) is 8.68. The van der Waals surface area contributed by atoms with Gasteiger partial charge in [0.05, 0.1) is 16.0 Å². The number of carbonyl (C=O) groups is 2. The van der Waals surface area contributed by atoms with Crippen molar-refractivity contribution in [3.8, 4) is 0 Å². The Morgan fingerprint density at radius 3 is 3.00 bits per heavy atom. The number of carboxylic acid groups (broad SMARTS) is 1. The summed E-state index contributed by atoms with van der Waals surface area (Å²) in [6, 6.07) is 0. The van der Waals surface area contributed by atoms with Crippen molar-refractivity contribution in [2.75, 3.05) is 0 Å². The van der Waals surface area contributed by atoms with Gasteiger partial charge in [-0.2, -0.15) is 0 Å². The zero-order chi connectivity index (χ0) is 9.59. The van der Waals surface area contributed by atoms with Crippen molar-refractivity contribution in [2.45, 2.75) is 11.8 Å². The Hall–Kier alpha value is -0.880. The van der Waals surface area contributed by atoms with Crippen LogP contribution in [0.1, 0.15) is 6.42 Å². The van der Waals surface area contributed by atoms with Gasteiger partial charge in [-0.1, -0.05) is 24.0 Å². The second-order valence-electron chi connectivity index (χ2n) is 2.69. The van der Waals surface area contributed by atoms with Gasteiger partial charge in [-0.05, 0) is 6.08 Å². The van der Waals surface area contributed by atoms with E-state index in [1.165, 1.54) is 22.7 Å². The highest BCUT2D eigenvalue weighted by Crippen LogP contribution is 2.38. The molecule has 1 saturated heterocycles. The van der Waals surface area contributed by atoms with E-state index in [4.69, 9.17) is 17.3 Å². The van der Waals surface area contributed by atoms with Crippen molar-refractivity contribution in [3.63, 3.8) is 0 Å². The SMILES string of the molecule is O=C(O)C1=CC(=S)S[C@@H]2CC(=O)N12. The molecule has 1 fully saturated rings. The van der Waals surface area contributed by atoms with Gasteiger partial charge in [-0.15, -0.1) is 0 Å². The van der Waals surface area contributed by atoms with Gasteiger partial charge in [0.25, 0.3) is 0 Å². The molecule has 2 heterocycles. The van der Waals surface area contributed by atoms with Crippen LogP contribution in [0.4, 0.5) is 0 Å². The lowest BCUT2D eigenvalue weighted by atomic mass is 10.1. The van der Waals surface area contributed by atoms with E-state index in [0.29, 0.717) is 10.6 Å². The third kappa shape index (κ3) is 1.26. The number of aliphatic carboxylic acids is 1. The maximum Gasteiger partial charge on any atom is 0.352 e. The Balaban J connectivity index is 2.36. The largest absolute Gasteiger partial charge is 0.477 e. The van der Waals surface area contributed by atoms with E-state index in [2.05, 4.69) is 0 Å². The molecule has 1 atom stereocenters. The molecule has 0 unspecified atom stereocenters. The lowest BCUT2D eigenvalue weighted by Crippen LogP contribution is -2.53. The Morgan fingerprint density at radius 1 is 1.77 bits per heavy atom. The molecule has 2 rings (SSSR count). The quantitative estimate of drug-likeness (QED) is 0.512. The minimum Gasteiger partial charge on any atom is -0.477 e. The summed E-state index contributed by atoms with van der Waals surface area (Å²) >= 11 is 6.25. The fraction of sp³-hybridized carbons (Fsp3) is 0.286. The smallest absolute Gasteiger partial charge is 0.352 e. The summed E-state index contributed by atoms with van der Waals surface area (Å²) in [7, 11) is 0. The fourth-order valence-corrected chi connectivity index (χ4v) is 2.74. The van der Waals surface area contributed by atoms with E-state index in [9.17, 15) is 9.59 Å². The molecule has 0 saturated carbocycles. The van der Waals surface area contributed by atoms with Gasteiger partial charge in [-0.25, -0.2) is 4.79 Å². The van der Waals surface area contributed by atoms with E-state index in [0.717, 1.165) is 0 Å². The van der Waals surface area contributed by atoms with Crippen molar-refractivity contribution in [1.82, 2.24) is 4.90 Å². The van der Waals surface area contributed by atoms with Gasteiger partial charge < -0.3 is 5.11 Å². The highest BCUT2D eigenvalue weighted by Gasteiger charge is 2.44. The molecular formula is C7H5NO3S2. The average Bonchev–Trinajstić information content (AvgIpc) is 2.01. The molecule has 6 heteroatoms. The van der Waals surface area contributed by atoms with Crippen LogP contribution in [0, 0.1) is 0 Å². The summed E-state index contributed by atoms with van der Waals surface area (Å²) in [6.45, 7) is 0. The van der Waals surface area contributed by atoms with Crippen LogP contribution in [0.2, 0.25) is 0 Å². The van der Waals surface area contributed by atoms with Crippen molar-refractivity contribution in [1.29, 1.82) is 0 Å². The van der Waals surface area contributed by atoms with E-state index < -0.39 is 5.97 Å². The molecule has 0 spiro atoms. The van der Waals surface area contributed by atoms with E-state index >= 15 is 0 Å². The minimum atomic E-state index is -1.10. The summed E-state index contributed by atoms with van der Waals surface area (Å²) in [6.07, 6.45) is 1.74. The number of thioether (sulfide) groups is 1. The molecule has 1 amide bonds. The lowest BCUT2D eigenvalue weighted by molar-refractivity contribution is -0.145. The molecule has 0 aliphatic carbocycles. The summed E-state index contributed by atoms with van der Waals surface area (Å²) in [4.78, 5) is 23.0. The molecule has 2 aliphatic rings. The van der Waals surface area contributed by atoms with Crippen LogP contribution in [0.3, 0.4) is 0 Å². The van der Waals surface area contributed by atoms with Crippen LogP contribution in [0.25, 0.3) is 0 Å². The van der Waals surface area contributed by atoms with Crippen molar-refractivity contribution < 1.29 is 14.7 Å². The molecule has 0 bridgehead atoms. The fourth-order valence-electron chi connectivity index (χ4n) is 1.29. The highest BCUT2D eigenvalue weighted by molar-refractivity contribution is 8.24. The molecule has 0 aromatic carbocycles. The standard InChI is InChI=1S/C7H5NO3S2/c9-4-2-5-8(4)3(7(10)11)1-6(12)13-5/h1,5H,2H2,(H,10,11)/t5-/m1/s1. The van der Waals surface area contributed by atoms with Crippen molar-refractivity contribution in [3.05, 3.63) is 11.8 Å². The zero-order valence-electron chi connectivity index (χ0n) is 6.39. The Labute approximate surface area is 83.6 Å². The molecule has 0 aromatic heterocycles. The number of nitrogens with zero attached hydrogens (tertiary/aromatic N) is 1. The van der Waals surface area contributed by atoms with Crippen LogP contribution < -0.4 is 0 Å². The normalized spacial score (nSPS) is 26.3. The van der Waals surface area contributed by atoms with Crippen LogP contribution in [-0.4, -0.2) is 31.5 Å². The third-order valence-corrected chi connectivity index (χ3v) is 3.30. The van der Waals surface area contributed by atoms with Gasteiger partial charge in [0.2, 0.25) is 5.91 Å². The third-order valence-electron chi connectivity index (χ3n) is 1.89. The Kier molecular flexibility index (Phi) is 1.88. The van der Waals surface area contributed by atoms with Crippen molar-refractivity contribution in [2.24, 2.45) is 0 Å². The summed E-state index contributed by atoms with van der Waals surface area (Å²) in [5.41, 5.74) is 0.00463. The number of carbonyl (C=O) groups excluding carboxylic acids is 1. The topological polar surface area (TPSA) is 57.6 Å². The van der Waals surface area contributed by atoms with Gasteiger partial charge in [0.15, 0.2) is 0 Å². The summed E-state index contributed by atoms with van der Waals surface area (Å²) in [5.74, 6) is -1.24. The number of carboxylic acids is 1. The molecule has 4 nitrogen and oxygen atoms in total. The first-order chi connectivity index (χ1) is 6.09. The lowest BCUT2D eigenvalue weighted by Gasteiger charge is -2.41. The van der Waals surface area contributed by atoms with Crippen molar-refractivity contribution >= 4 is 40.1 Å². The molecular weight excluding hydrogens is 210 g/mol. The monoisotopic (exact) mass is 215 g/mol. The summed E-state index contributed by atoms with van der Waals surface area (Å²) < 4.78 is 0.533. The second-order valence-corrected chi connectivity index (χ2v) is 4.61. The molecule has 68 valence electrons. The van der Waals surface area contributed by atoms with Gasteiger partial charge in [0.1, 0.15) is 5.70 Å². The highest BCUT2D eigenvalue weighted by atomic mass is 32.2. The molecule has 2 aliphatic heterocycles. The van der Waals surface area contributed by atoms with Gasteiger partial charge in [0, 0.05) is 0 Å². The molecule has 0 radical (unpaired) electrons. The zero-order valence-corrected chi connectivity index (χ0v) is 8.02. The first-order valence-corrected chi connectivity index (χ1v) is 4.86. The molecule has 1 N–H and O–H groups in total. The first-order valence-electron chi connectivity index (χ1n) is 3.57. The van der Waals surface area contributed by atoms with E-state index in [-0.39, 0.29) is 17.0 Å². The Morgan fingerprint density at radius 2 is 2.46 bits per heavy atom. The second kappa shape index (κ2) is 2.81. The van der Waals surface area contributed by atoms with Gasteiger partial charge in [-0.3, -0.25) is 9.69 Å². The average molecular weight is 215 g/mol. The predicted octanol–water partition coefficient (Wildman–Crippen LogP) is 0.588. The number of β-lactam (4-membered cyclic amide) rings is 1. The molecule has 0 aromatic rings. The van der Waals surface area contributed by atoms with Crippen LogP contribution in [-0.2, 0) is 9.59 Å². The van der Waals surface area contributed by atoms with Crippen LogP contribution in [0.15, 0.2) is 11.8 Å².